The van der Waals surface area contributed by atoms with Crippen LogP contribution in [0.5, 0.6) is 0 Å². The van der Waals surface area contributed by atoms with E-state index in [1.54, 1.807) is 18.2 Å². The zero-order valence-electron chi connectivity index (χ0n) is 11.2. The summed E-state index contributed by atoms with van der Waals surface area (Å²) in [7, 11) is 0. The minimum absolute atomic E-state index is 0.0529. The first-order chi connectivity index (χ1) is 9.58. The minimum Gasteiger partial charge on any atom is -0.387 e. The molecule has 20 heavy (non-hydrogen) atoms. The molecule has 0 saturated heterocycles. The topological polar surface area (TPSA) is 32.3 Å². The van der Waals surface area contributed by atoms with E-state index >= 15 is 0 Å². The maximum Gasteiger partial charge on any atom is 0.123 e. The molecule has 2 nitrogen and oxygen atoms in total. The van der Waals surface area contributed by atoms with E-state index in [1.165, 1.54) is 12.1 Å². The number of aliphatic hydroxyl groups is 1. The summed E-state index contributed by atoms with van der Waals surface area (Å²) in [5.41, 5.74) is 1.53. The Morgan fingerprint density at radius 3 is 2.65 bits per heavy atom. The first-order valence-corrected chi connectivity index (χ1v) is 6.87. The van der Waals surface area contributed by atoms with Crippen LogP contribution in [0.15, 0.2) is 48.5 Å². The number of rotatable bonds is 5. The smallest absolute Gasteiger partial charge is 0.123 e. The lowest BCUT2D eigenvalue weighted by molar-refractivity contribution is 0.171. The third-order valence-electron chi connectivity index (χ3n) is 3.23. The molecule has 0 bridgehead atoms. The van der Waals surface area contributed by atoms with Crippen LogP contribution >= 0.6 is 11.6 Å². The maximum absolute atomic E-state index is 13.1. The van der Waals surface area contributed by atoms with Crippen LogP contribution in [-0.4, -0.2) is 11.7 Å². The van der Waals surface area contributed by atoms with E-state index in [4.69, 9.17) is 11.6 Å². The molecular weight excluding hydrogens is 277 g/mol. The summed E-state index contributed by atoms with van der Waals surface area (Å²) < 4.78 is 13.1. The fourth-order valence-electron chi connectivity index (χ4n) is 2.04. The van der Waals surface area contributed by atoms with E-state index in [9.17, 15) is 9.50 Å². The fraction of sp³-hybridized carbons (Fsp3) is 0.250. The van der Waals surface area contributed by atoms with E-state index in [0.29, 0.717) is 17.1 Å². The van der Waals surface area contributed by atoms with Gasteiger partial charge in [-0.05, 0) is 30.7 Å². The summed E-state index contributed by atoms with van der Waals surface area (Å²) in [5.74, 6) is -0.261. The molecule has 0 aromatic heterocycles. The first kappa shape index (κ1) is 15.0. The van der Waals surface area contributed by atoms with Crippen molar-refractivity contribution < 1.29 is 9.50 Å². The van der Waals surface area contributed by atoms with Crippen molar-refractivity contribution in [3.8, 4) is 0 Å². The summed E-state index contributed by atoms with van der Waals surface area (Å²) in [5, 5.41) is 13.8. The van der Waals surface area contributed by atoms with E-state index in [2.05, 4.69) is 5.32 Å². The Hall–Kier alpha value is -1.42. The van der Waals surface area contributed by atoms with E-state index < -0.39 is 6.10 Å². The number of hydrogen-bond donors (Lipinski definition) is 2. The van der Waals surface area contributed by atoms with Crippen molar-refractivity contribution in [2.45, 2.75) is 19.1 Å². The van der Waals surface area contributed by atoms with Gasteiger partial charge in [-0.1, -0.05) is 41.9 Å². The average Bonchev–Trinajstić information content (AvgIpc) is 2.45. The van der Waals surface area contributed by atoms with Crippen LogP contribution in [-0.2, 0) is 0 Å². The van der Waals surface area contributed by atoms with E-state index in [0.717, 1.165) is 5.56 Å². The molecule has 106 valence electrons. The molecular formula is C16H17ClFNO. The van der Waals surface area contributed by atoms with Gasteiger partial charge >= 0.3 is 0 Å². The van der Waals surface area contributed by atoms with Crippen LogP contribution in [0.3, 0.4) is 0 Å². The van der Waals surface area contributed by atoms with E-state index in [-0.39, 0.29) is 11.9 Å². The molecule has 2 aromatic carbocycles. The molecule has 0 fully saturated rings. The van der Waals surface area contributed by atoms with Gasteiger partial charge in [-0.25, -0.2) is 4.39 Å². The van der Waals surface area contributed by atoms with Crippen LogP contribution < -0.4 is 5.32 Å². The van der Waals surface area contributed by atoms with Gasteiger partial charge in [-0.3, -0.25) is 0 Å². The summed E-state index contributed by atoms with van der Waals surface area (Å²) in [6.07, 6.45) is -0.695. The molecule has 0 heterocycles. The maximum atomic E-state index is 13.1. The zero-order valence-corrected chi connectivity index (χ0v) is 11.9. The molecule has 2 N–H and O–H groups in total. The third kappa shape index (κ3) is 3.79. The fourth-order valence-corrected chi connectivity index (χ4v) is 2.30. The monoisotopic (exact) mass is 293 g/mol. The summed E-state index contributed by atoms with van der Waals surface area (Å²) in [6, 6.07) is 13.6. The molecule has 0 amide bonds. The van der Waals surface area contributed by atoms with Gasteiger partial charge in [0.2, 0.25) is 0 Å². The van der Waals surface area contributed by atoms with Crippen LogP contribution in [0.25, 0.3) is 0 Å². The van der Waals surface area contributed by atoms with Gasteiger partial charge in [-0.2, -0.15) is 0 Å². The second kappa shape index (κ2) is 6.84. The molecule has 0 aliphatic carbocycles. The molecule has 0 saturated carbocycles. The predicted octanol–water partition coefficient (Wildman–Crippen LogP) is 3.86. The highest BCUT2D eigenvalue weighted by Crippen LogP contribution is 2.23. The highest BCUT2D eigenvalue weighted by atomic mass is 35.5. The number of aliphatic hydroxyl groups excluding tert-OH is 1. The molecule has 2 aromatic rings. The van der Waals surface area contributed by atoms with Crippen molar-refractivity contribution in [3.63, 3.8) is 0 Å². The minimum atomic E-state index is -0.695. The molecule has 2 rings (SSSR count). The third-order valence-corrected chi connectivity index (χ3v) is 3.57. The quantitative estimate of drug-likeness (QED) is 0.877. The summed E-state index contributed by atoms with van der Waals surface area (Å²) in [4.78, 5) is 0. The Morgan fingerprint density at radius 2 is 1.95 bits per heavy atom. The van der Waals surface area contributed by atoms with Crippen LogP contribution in [0.2, 0.25) is 5.02 Å². The Morgan fingerprint density at radius 1 is 1.20 bits per heavy atom. The standard InChI is InChI=1S/C16H17ClFNO/c1-11(12-5-4-6-13(18)9-12)19-10-16(20)14-7-2-3-8-15(14)17/h2-9,11,16,19-20H,10H2,1H3/t11-,16?/m1/s1. The largest absolute Gasteiger partial charge is 0.387 e. The van der Waals surface area contributed by atoms with Gasteiger partial charge in [0.1, 0.15) is 5.82 Å². The SMILES string of the molecule is C[C@@H](NCC(O)c1ccccc1Cl)c1cccc(F)c1. The van der Waals surface area contributed by atoms with Crippen molar-refractivity contribution in [1.82, 2.24) is 5.32 Å². The lowest BCUT2D eigenvalue weighted by Gasteiger charge is -2.18. The van der Waals surface area contributed by atoms with Gasteiger partial charge in [0, 0.05) is 23.2 Å². The van der Waals surface area contributed by atoms with Gasteiger partial charge < -0.3 is 10.4 Å². The summed E-state index contributed by atoms with van der Waals surface area (Å²) in [6.45, 7) is 2.27. The van der Waals surface area contributed by atoms with Crippen molar-refractivity contribution in [1.29, 1.82) is 0 Å². The van der Waals surface area contributed by atoms with Crippen molar-refractivity contribution in [2.75, 3.05) is 6.54 Å². The molecule has 0 spiro atoms. The van der Waals surface area contributed by atoms with Gasteiger partial charge in [0.15, 0.2) is 0 Å². The first-order valence-electron chi connectivity index (χ1n) is 6.49. The van der Waals surface area contributed by atoms with Crippen LogP contribution in [0.4, 0.5) is 4.39 Å². The number of nitrogens with one attached hydrogen (secondary N) is 1. The Labute approximate surface area is 123 Å². The van der Waals surface area contributed by atoms with Crippen molar-refractivity contribution >= 4 is 11.6 Å². The second-order valence-electron chi connectivity index (χ2n) is 4.72. The Kier molecular flexibility index (Phi) is 5.12. The summed E-state index contributed by atoms with van der Waals surface area (Å²) >= 11 is 6.03. The second-order valence-corrected chi connectivity index (χ2v) is 5.13. The lowest BCUT2D eigenvalue weighted by Crippen LogP contribution is -2.24. The molecule has 2 atom stereocenters. The Bertz CT molecular complexity index is 576. The highest BCUT2D eigenvalue weighted by Gasteiger charge is 2.13. The Balaban J connectivity index is 1.97. The van der Waals surface area contributed by atoms with E-state index in [1.807, 2.05) is 25.1 Å². The van der Waals surface area contributed by atoms with Crippen LogP contribution in [0.1, 0.15) is 30.2 Å². The molecule has 4 heteroatoms. The molecule has 0 radical (unpaired) electrons. The molecule has 1 unspecified atom stereocenters. The van der Waals surface area contributed by atoms with Gasteiger partial charge in [-0.15, -0.1) is 0 Å². The molecule has 0 aliphatic heterocycles. The lowest BCUT2D eigenvalue weighted by atomic mass is 10.1. The van der Waals surface area contributed by atoms with Gasteiger partial charge in [0.05, 0.1) is 6.10 Å². The average molecular weight is 294 g/mol. The predicted molar refractivity (Wildman–Crippen MR) is 79.2 cm³/mol. The highest BCUT2D eigenvalue weighted by molar-refractivity contribution is 6.31. The van der Waals surface area contributed by atoms with Gasteiger partial charge in [0.25, 0.3) is 0 Å². The number of benzene rings is 2. The van der Waals surface area contributed by atoms with Crippen molar-refractivity contribution in [3.05, 3.63) is 70.5 Å². The normalized spacial score (nSPS) is 14.0. The van der Waals surface area contributed by atoms with Crippen molar-refractivity contribution in [2.24, 2.45) is 0 Å². The molecule has 0 aliphatic rings. The zero-order chi connectivity index (χ0) is 14.5. The number of hydrogen-bond acceptors (Lipinski definition) is 2. The number of halogens is 2. The van der Waals surface area contributed by atoms with Crippen LogP contribution in [0, 0.1) is 5.82 Å².